The number of carboxylic acid groups (broad SMARTS) is 1. The van der Waals surface area contributed by atoms with Crippen molar-refractivity contribution in [3.63, 3.8) is 0 Å². The predicted molar refractivity (Wildman–Crippen MR) is 148 cm³/mol. The number of urea groups is 1. The molecule has 1 fully saturated rings. The molecule has 4 aromatic rings. The molecule has 0 atom stereocenters. The Bertz CT molecular complexity index is 1550. The van der Waals surface area contributed by atoms with Crippen molar-refractivity contribution >= 4 is 44.6 Å². The molecule has 0 radical (unpaired) electrons. The molecule has 39 heavy (non-hydrogen) atoms. The molecular formula is C27H28FN7O3S. The number of fused-ring (bicyclic) bond motifs is 1. The summed E-state index contributed by atoms with van der Waals surface area (Å²) in [6.45, 7) is 6.94. The number of benzene rings is 1. The number of carbonyl (C=O) groups excluding carboxylic acids is 1. The zero-order valence-corrected chi connectivity index (χ0v) is 22.6. The number of nitrogens with one attached hydrogen (secondary N) is 2. The minimum atomic E-state index is -0.782. The van der Waals surface area contributed by atoms with Crippen LogP contribution < -0.4 is 15.5 Å². The molecule has 1 aliphatic heterocycles. The molecule has 0 saturated carbocycles. The second kappa shape index (κ2) is 10.5. The van der Waals surface area contributed by atoms with Crippen LogP contribution in [0.15, 0.2) is 36.8 Å². The lowest BCUT2D eigenvalue weighted by atomic mass is 9.80. The monoisotopic (exact) mass is 549 g/mol. The van der Waals surface area contributed by atoms with Gasteiger partial charge in [-0.2, -0.15) is 0 Å². The van der Waals surface area contributed by atoms with Crippen molar-refractivity contribution in [3.8, 4) is 22.4 Å². The summed E-state index contributed by atoms with van der Waals surface area (Å²) in [7, 11) is 0. The van der Waals surface area contributed by atoms with E-state index in [2.05, 4.69) is 30.6 Å². The number of carbonyl (C=O) groups is 2. The maximum absolute atomic E-state index is 15.1. The fraction of sp³-hybridized carbons (Fsp3) is 0.333. The maximum atomic E-state index is 15.1. The van der Waals surface area contributed by atoms with Gasteiger partial charge in [-0.1, -0.05) is 11.3 Å². The molecule has 0 unspecified atom stereocenters. The van der Waals surface area contributed by atoms with E-state index < -0.39 is 17.2 Å². The Morgan fingerprint density at radius 3 is 2.46 bits per heavy atom. The fourth-order valence-electron chi connectivity index (χ4n) is 4.51. The van der Waals surface area contributed by atoms with Gasteiger partial charge in [0.2, 0.25) is 5.95 Å². The van der Waals surface area contributed by atoms with Crippen molar-refractivity contribution < 1.29 is 19.1 Å². The third-order valence-corrected chi connectivity index (χ3v) is 7.94. The average molecular weight is 550 g/mol. The molecule has 1 aliphatic rings. The second-order valence-electron chi connectivity index (χ2n) is 9.84. The molecule has 0 bridgehead atoms. The van der Waals surface area contributed by atoms with Crippen molar-refractivity contribution in [2.24, 2.45) is 5.41 Å². The van der Waals surface area contributed by atoms with Crippen LogP contribution in [0.2, 0.25) is 0 Å². The van der Waals surface area contributed by atoms with Crippen LogP contribution in [0.1, 0.15) is 32.3 Å². The first-order valence-corrected chi connectivity index (χ1v) is 13.4. The van der Waals surface area contributed by atoms with Crippen molar-refractivity contribution in [2.45, 2.75) is 33.6 Å². The number of hydrogen-bond donors (Lipinski definition) is 3. The van der Waals surface area contributed by atoms with Gasteiger partial charge in [0.25, 0.3) is 0 Å². The molecule has 2 amide bonds. The molecule has 202 valence electrons. The van der Waals surface area contributed by atoms with E-state index in [1.807, 2.05) is 24.0 Å². The zero-order chi connectivity index (χ0) is 27.7. The molecule has 3 N–H and O–H groups in total. The normalized spacial score (nSPS) is 14.8. The smallest absolute Gasteiger partial charge is 0.321 e. The minimum absolute atomic E-state index is 0.188. The SMILES string of the molecule is CCNC(=O)Nc1nc2cc(-c3cnc(N4CCC(C)(C(=O)O)CC4)nc3)cc(-c3ncc(C)cc3F)c2s1. The van der Waals surface area contributed by atoms with E-state index in [-0.39, 0.29) is 11.7 Å². The molecule has 5 rings (SSSR count). The van der Waals surface area contributed by atoms with Crippen molar-refractivity contribution in [1.82, 2.24) is 25.3 Å². The Morgan fingerprint density at radius 2 is 1.82 bits per heavy atom. The van der Waals surface area contributed by atoms with Gasteiger partial charge in [-0.25, -0.2) is 24.1 Å². The van der Waals surface area contributed by atoms with Crippen LogP contribution >= 0.6 is 11.3 Å². The largest absolute Gasteiger partial charge is 0.481 e. The summed E-state index contributed by atoms with van der Waals surface area (Å²) in [5.41, 5.74) is 2.71. The number of piperidine rings is 1. The number of nitrogens with zero attached hydrogens (tertiary/aromatic N) is 5. The van der Waals surface area contributed by atoms with Gasteiger partial charge in [0, 0.05) is 49.4 Å². The molecule has 4 heterocycles. The number of hydrogen-bond acceptors (Lipinski definition) is 8. The van der Waals surface area contributed by atoms with Crippen molar-refractivity contribution in [1.29, 1.82) is 0 Å². The Morgan fingerprint density at radius 1 is 1.10 bits per heavy atom. The number of aryl methyl sites for hydroxylation is 1. The number of pyridine rings is 1. The third kappa shape index (κ3) is 5.37. The summed E-state index contributed by atoms with van der Waals surface area (Å²) in [5.74, 6) is -0.707. The topological polar surface area (TPSA) is 133 Å². The average Bonchev–Trinajstić information content (AvgIpc) is 3.31. The van der Waals surface area contributed by atoms with Gasteiger partial charge in [0.1, 0.15) is 11.5 Å². The number of halogens is 1. The van der Waals surface area contributed by atoms with Crippen LogP contribution in [0, 0.1) is 18.2 Å². The van der Waals surface area contributed by atoms with Crippen molar-refractivity contribution in [3.05, 3.63) is 48.2 Å². The number of amides is 2. The first-order valence-electron chi connectivity index (χ1n) is 12.6. The van der Waals surface area contributed by atoms with E-state index >= 15 is 4.39 Å². The predicted octanol–water partition coefficient (Wildman–Crippen LogP) is 5.10. The molecule has 1 saturated heterocycles. The zero-order valence-electron chi connectivity index (χ0n) is 21.8. The number of aromatic nitrogens is 4. The molecular weight excluding hydrogens is 521 g/mol. The van der Waals surface area contributed by atoms with Gasteiger partial charge >= 0.3 is 12.0 Å². The lowest BCUT2D eigenvalue weighted by molar-refractivity contribution is -0.149. The van der Waals surface area contributed by atoms with Gasteiger partial charge < -0.3 is 15.3 Å². The first kappa shape index (κ1) is 26.4. The Kier molecular flexibility index (Phi) is 7.13. The Labute approximate surface area is 228 Å². The van der Waals surface area contributed by atoms with Crippen LogP contribution in [0.25, 0.3) is 32.6 Å². The lowest BCUT2D eigenvalue weighted by Gasteiger charge is -2.36. The summed E-state index contributed by atoms with van der Waals surface area (Å²) >= 11 is 1.24. The molecule has 10 nitrogen and oxygen atoms in total. The second-order valence-corrected chi connectivity index (χ2v) is 10.8. The molecule has 3 aromatic heterocycles. The number of thiazole rings is 1. The maximum Gasteiger partial charge on any atom is 0.321 e. The molecule has 0 spiro atoms. The van der Waals surface area contributed by atoms with E-state index in [0.717, 1.165) is 5.56 Å². The van der Waals surface area contributed by atoms with E-state index in [0.29, 0.717) is 70.5 Å². The quantitative estimate of drug-likeness (QED) is 0.303. The van der Waals surface area contributed by atoms with Crippen LogP contribution in [-0.2, 0) is 4.79 Å². The number of anilines is 2. The first-order chi connectivity index (χ1) is 18.7. The molecule has 0 aliphatic carbocycles. The Hall–Kier alpha value is -4.19. The summed E-state index contributed by atoms with van der Waals surface area (Å²) in [6.07, 6.45) is 6.02. The van der Waals surface area contributed by atoms with Gasteiger partial charge in [0.15, 0.2) is 5.13 Å². The summed E-state index contributed by atoms with van der Waals surface area (Å²) in [6, 6.07) is 4.74. The highest BCUT2D eigenvalue weighted by atomic mass is 32.1. The molecule has 1 aromatic carbocycles. The van der Waals surface area contributed by atoms with Crippen LogP contribution in [0.3, 0.4) is 0 Å². The van der Waals surface area contributed by atoms with Crippen LogP contribution in [-0.4, -0.2) is 56.7 Å². The lowest BCUT2D eigenvalue weighted by Crippen LogP contribution is -2.43. The number of aliphatic carboxylic acids is 1. The van der Waals surface area contributed by atoms with Gasteiger partial charge in [0.05, 0.1) is 15.6 Å². The third-order valence-electron chi connectivity index (χ3n) is 6.92. The number of rotatable bonds is 6. The minimum Gasteiger partial charge on any atom is -0.481 e. The summed E-state index contributed by atoms with van der Waals surface area (Å²) in [4.78, 5) is 43.6. The highest BCUT2D eigenvalue weighted by Crippen LogP contribution is 2.39. The van der Waals surface area contributed by atoms with Gasteiger partial charge in [-0.15, -0.1) is 0 Å². The van der Waals surface area contributed by atoms with Gasteiger partial charge in [-0.05, 0) is 62.9 Å². The van der Waals surface area contributed by atoms with Crippen LogP contribution in [0.4, 0.5) is 20.3 Å². The summed E-state index contributed by atoms with van der Waals surface area (Å²) < 4.78 is 15.7. The van der Waals surface area contributed by atoms with Gasteiger partial charge in [-0.3, -0.25) is 15.1 Å². The number of carboxylic acids is 1. The van der Waals surface area contributed by atoms with E-state index in [9.17, 15) is 14.7 Å². The van der Waals surface area contributed by atoms with E-state index in [1.165, 1.54) is 17.4 Å². The van der Waals surface area contributed by atoms with E-state index in [1.54, 1.807) is 32.4 Å². The summed E-state index contributed by atoms with van der Waals surface area (Å²) in [5, 5.41) is 15.3. The van der Waals surface area contributed by atoms with Crippen molar-refractivity contribution in [2.75, 3.05) is 29.9 Å². The fourth-order valence-corrected chi connectivity index (χ4v) is 5.47. The standard InChI is InChI=1S/C27H28FN7O3S/c1-4-29-25(38)34-26-33-20-11-16(10-18(22(20)39-26)21-19(28)9-15(2)12-30-21)17-13-31-24(32-14-17)35-7-5-27(3,6-8-35)23(36)37/h9-14H,4-8H2,1-3H3,(H,36,37)(H2,29,33,34,38). The highest BCUT2D eigenvalue weighted by Gasteiger charge is 2.37. The van der Waals surface area contributed by atoms with E-state index in [4.69, 9.17) is 0 Å². The highest BCUT2D eigenvalue weighted by molar-refractivity contribution is 7.22. The molecule has 12 heteroatoms. The Balaban J connectivity index is 1.50. The van der Waals surface area contributed by atoms with Crippen LogP contribution in [0.5, 0.6) is 0 Å².